The summed E-state index contributed by atoms with van der Waals surface area (Å²) in [5.41, 5.74) is 2.47. The molecule has 2 N–H and O–H groups in total. The molecule has 1 aliphatic rings. The predicted octanol–water partition coefficient (Wildman–Crippen LogP) is 3.56. The maximum absolute atomic E-state index is 13.1. The molecule has 1 aliphatic heterocycles. The zero-order valence-electron chi connectivity index (χ0n) is 19.1. The molecule has 7 heteroatoms. The number of nitrogens with zero attached hydrogens (tertiary/aromatic N) is 3. The van der Waals surface area contributed by atoms with E-state index in [4.69, 9.17) is 0 Å². The van der Waals surface area contributed by atoms with Crippen LogP contribution in [0.3, 0.4) is 0 Å². The highest BCUT2D eigenvalue weighted by Crippen LogP contribution is 2.41. The number of aromatic hydroxyl groups is 1. The Kier molecular flexibility index (Phi) is 7.30. The average molecular weight is 438 g/mol. The molecule has 0 spiro atoms. The molecule has 1 atom stereocenters. The standard InChI is InChI=1S/C25H31N3O4/c1-5-27(6-2)11-8-12-28-22(18-9-7-10-26-15-18)21(24(31)25(28)32)23(30)19-13-16(3)17(4)14-20(19)29/h7,9-10,13-15,22,29-30H,5-6,8,11-12H2,1-4H3/b23-21+. The van der Waals surface area contributed by atoms with E-state index >= 15 is 0 Å². The van der Waals surface area contributed by atoms with E-state index in [-0.39, 0.29) is 22.6 Å². The summed E-state index contributed by atoms with van der Waals surface area (Å²) in [4.78, 5) is 34.0. The summed E-state index contributed by atoms with van der Waals surface area (Å²) in [5.74, 6) is -1.91. The first-order chi connectivity index (χ1) is 15.3. The van der Waals surface area contributed by atoms with Gasteiger partial charge in [-0.25, -0.2) is 0 Å². The first-order valence-corrected chi connectivity index (χ1v) is 11.0. The van der Waals surface area contributed by atoms with Gasteiger partial charge in [0.15, 0.2) is 0 Å². The Hall–Kier alpha value is -3.19. The Labute approximate surface area is 189 Å². The van der Waals surface area contributed by atoms with Crippen molar-refractivity contribution in [3.63, 3.8) is 0 Å². The van der Waals surface area contributed by atoms with Crippen molar-refractivity contribution in [2.45, 2.75) is 40.2 Å². The van der Waals surface area contributed by atoms with Gasteiger partial charge in [0, 0.05) is 18.9 Å². The zero-order chi connectivity index (χ0) is 23.4. The summed E-state index contributed by atoms with van der Waals surface area (Å²) in [6, 6.07) is 5.94. The SMILES string of the molecule is CCN(CC)CCCN1C(=O)C(=O)/C(=C(/O)c2cc(C)c(C)cc2O)C1c1cccnc1. The summed E-state index contributed by atoms with van der Waals surface area (Å²) < 4.78 is 0. The van der Waals surface area contributed by atoms with E-state index in [9.17, 15) is 19.8 Å². The molecule has 0 saturated carbocycles. The minimum atomic E-state index is -0.763. The van der Waals surface area contributed by atoms with Crippen molar-refractivity contribution in [1.82, 2.24) is 14.8 Å². The maximum Gasteiger partial charge on any atom is 0.295 e. The summed E-state index contributed by atoms with van der Waals surface area (Å²) in [6.45, 7) is 10.9. The van der Waals surface area contributed by atoms with Crippen LogP contribution < -0.4 is 0 Å². The lowest BCUT2D eigenvalue weighted by molar-refractivity contribution is -0.140. The van der Waals surface area contributed by atoms with Crippen LogP contribution >= 0.6 is 0 Å². The van der Waals surface area contributed by atoms with Gasteiger partial charge in [0.05, 0.1) is 17.2 Å². The first-order valence-electron chi connectivity index (χ1n) is 11.0. The van der Waals surface area contributed by atoms with Gasteiger partial charge >= 0.3 is 0 Å². The molecular formula is C25H31N3O4. The second-order valence-electron chi connectivity index (χ2n) is 8.11. The van der Waals surface area contributed by atoms with Crippen LogP contribution in [-0.2, 0) is 9.59 Å². The largest absolute Gasteiger partial charge is 0.507 e. The lowest BCUT2D eigenvalue weighted by Crippen LogP contribution is -2.33. The number of carbonyl (C=O) groups is 2. The predicted molar refractivity (Wildman–Crippen MR) is 123 cm³/mol. The van der Waals surface area contributed by atoms with Crippen molar-refractivity contribution in [1.29, 1.82) is 0 Å². The van der Waals surface area contributed by atoms with Crippen molar-refractivity contribution >= 4 is 17.4 Å². The number of benzene rings is 1. The van der Waals surface area contributed by atoms with Crippen LogP contribution in [0.4, 0.5) is 0 Å². The third-order valence-corrected chi connectivity index (χ3v) is 6.18. The lowest BCUT2D eigenvalue weighted by Gasteiger charge is -2.26. The highest BCUT2D eigenvalue weighted by molar-refractivity contribution is 6.46. The molecule has 7 nitrogen and oxygen atoms in total. The number of ketones is 1. The number of pyridine rings is 1. The van der Waals surface area contributed by atoms with Gasteiger partial charge in [0.1, 0.15) is 11.5 Å². The monoisotopic (exact) mass is 437 g/mol. The number of aliphatic hydroxyl groups excluding tert-OH is 1. The van der Waals surface area contributed by atoms with Gasteiger partial charge in [0.25, 0.3) is 11.7 Å². The highest BCUT2D eigenvalue weighted by atomic mass is 16.3. The Morgan fingerprint density at radius 3 is 2.47 bits per heavy atom. The molecule has 1 aromatic heterocycles. The van der Waals surface area contributed by atoms with Gasteiger partial charge < -0.3 is 20.0 Å². The second-order valence-corrected chi connectivity index (χ2v) is 8.11. The Bertz CT molecular complexity index is 1030. The first kappa shape index (κ1) is 23.5. The number of aliphatic hydroxyl groups is 1. The van der Waals surface area contributed by atoms with Gasteiger partial charge in [-0.05, 0) is 74.8 Å². The van der Waals surface area contributed by atoms with Crippen molar-refractivity contribution in [2.75, 3.05) is 26.2 Å². The number of aryl methyl sites for hydroxylation is 2. The molecule has 0 aliphatic carbocycles. The third-order valence-electron chi connectivity index (χ3n) is 6.18. The number of hydrogen-bond acceptors (Lipinski definition) is 6. The van der Waals surface area contributed by atoms with E-state index in [0.717, 1.165) is 30.8 Å². The third kappa shape index (κ3) is 4.53. The maximum atomic E-state index is 13.1. The van der Waals surface area contributed by atoms with Crippen LogP contribution in [0.25, 0.3) is 5.76 Å². The van der Waals surface area contributed by atoms with Crippen molar-refractivity contribution in [3.05, 3.63) is 64.5 Å². The number of hydrogen-bond donors (Lipinski definition) is 2. The molecular weight excluding hydrogens is 406 g/mol. The van der Waals surface area contributed by atoms with Crippen LogP contribution in [-0.4, -0.2) is 62.9 Å². The number of amides is 1. The minimum Gasteiger partial charge on any atom is -0.507 e. The number of likely N-dealkylation sites (tertiary alicyclic amines) is 1. The van der Waals surface area contributed by atoms with Crippen molar-refractivity contribution in [2.24, 2.45) is 0 Å². The zero-order valence-corrected chi connectivity index (χ0v) is 19.1. The fourth-order valence-electron chi connectivity index (χ4n) is 4.14. The fraction of sp³-hybridized carbons (Fsp3) is 0.400. The van der Waals surface area contributed by atoms with Gasteiger partial charge in [0.2, 0.25) is 0 Å². The molecule has 1 unspecified atom stereocenters. The molecule has 1 amide bonds. The van der Waals surface area contributed by atoms with Crippen LogP contribution in [0.5, 0.6) is 5.75 Å². The van der Waals surface area contributed by atoms with E-state index in [2.05, 4.69) is 23.7 Å². The number of carbonyl (C=O) groups excluding carboxylic acids is 2. The summed E-state index contributed by atoms with van der Waals surface area (Å²) in [5, 5.41) is 21.6. The number of phenols is 1. The normalized spacial score (nSPS) is 18.0. The van der Waals surface area contributed by atoms with Gasteiger partial charge in [-0.2, -0.15) is 0 Å². The fourth-order valence-corrected chi connectivity index (χ4v) is 4.14. The molecule has 0 bridgehead atoms. The van der Waals surface area contributed by atoms with E-state index in [1.165, 1.54) is 4.90 Å². The number of rotatable bonds is 8. The Morgan fingerprint density at radius 2 is 1.84 bits per heavy atom. The molecule has 1 aromatic carbocycles. The van der Waals surface area contributed by atoms with Crippen LogP contribution in [0, 0.1) is 13.8 Å². The highest BCUT2D eigenvalue weighted by Gasteiger charge is 2.46. The quantitative estimate of drug-likeness (QED) is 0.373. The number of phenolic OH excluding ortho intramolecular Hbond substituents is 1. The van der Waals surface area contributed by atoms with E-state index < -0.39 is 17.7 Å². The number of Topliss-reactive ketones (excluding diaryl/α,β-unsaturated/α-hetero) is 1. The van der Waals surface area contributed by atoms with Crippen LogP contribution in [0.2, 0.25) is 0 Å². The van der Waals surface area contributed by atoms with Gasteiger partial charge in [-0.1, -0.05) is 19.9 Å². The van der Waals surface area contributed by atoms with E-state index in [0.29, 0.717) is 18.5 Å². The summed E-state index contributed by atoms with van der Waals surface area (Å²) in [6.07, 6.45) is 3.91. The van der Waals surface area contributed by atoms with E-state index in [1.807, 2.05) is 13.8 Å². The van der Waals surface area contributed by atoms with Crippen LogP contribution in [0.15, 0.2) is 42.2 Å². The second kappa shape index (κ2) is 9.96. The molecule has 2 aromatic rings. The van der Waals surface area contributed by atoms with Crippen LogP contribution in [0.1, 0.15) is 48.6 Å². The molecule has 3 rings (SSSR count). The minimum absolute atomic E-state index is 0.0237. The molecule has 0 radical (unpaired) electrons. The lowest BCUT2D eigenvalue weighted by atomic mass is 9.94. The number of aromatic nitrogens is 1. The smallest absolute Gasteiger partial charge is 0.295 e. The topological polar surface area (TPSA) is 94.0 Å². The molecule has 32 heavy (non-hydrogen) atoms. The van der Waals surface area contributed by atoms with Gasteiger partial charge in [-0.3, -0.25) is 14.6 Å². The molecule has 2 heterocycles. The summed E-state index contributed by atoms with van der Waals surface area (Å²) in [7, 11) is 0. The Morgan fingerprint density at radius 1 is 1.16 bits per heavy atom. The van der Waals surface area contributed by atoms with Crippen molar-refractivity contribution in [3.8, 4) is 5.75 Å². The van der Waals surface area contributed by atoms with E-state index in [1.54, 1.807) is 36.7 Å². The van der Waals surface area contributed by atoms with Gasteiger partial charge in [-0.15, -0.1) is 0 Å². The average Bonchev–Trinajstić information content (AvgIpc) is 3.04. The summed E-state index contributed by atoms with van der Waals surface area (Å²) >= 11 is 0. The van der Waals surface area contributed by atoms with Crippen molar-refractivity contribution < 1.29 is 19.8 Å². The molecule has 1 saturated heterocycles. The Balaban J connectivity index is 2.06. The molecule has 170 valence electrons. The molecule has 1 fully saturated rings.